The van der Waals surface area contributed by atoms with Gasteiger partial charge in [-0.05, 0) is 43.0 Å². The largest absolute Gasteiger partial charge is 0.497 e. The Labute approximate surface area is 101 Å². The normalized spacial score (nSPS) is 17.0. The van der Waals surface area contributed by atoms with E-state index in [9.17, 15) is 9.90 Å². The van der Waals surface area contributed by atoms with Crippen LogP contribution in [0.1, 0.15) is 19.3 Å². The Balaban J connectivity index is 2.03. The van der Waals surface area contributed by atoms with Crippen LogP contribution in [0.2, 0.25) is 0 Å². The molecule has 4 heteroatoms. The molecule has 1 aliphatic carbocycles. The fraction of sp³-hybridized carbons (Fsp3) is 0.462. The summed E-state index contributed by atoms with van der Waals surface area (Å²) in [4.78, 5) is 11.2. The first-order valence-electron chi connectivity index (χ1n) is 5.84. The highest BCUT2D eigenvalue weighted by Crippen LogP contribution is 2.31. The summed E-state index contributed by atoms with van der Waals surface area (Å²) in [6, 6.07) is 6.85. The molecule has 1 aromatic carbocycles. The lowest BCUT2D eigenvalue weighted by Gasteiger charge is -2.32. The van der Waals surface area contributed by atoms with Gasteiger partial charge in [-0.2, -0.15) is 0 Å². The molecule has 1 atom stereocenters. The number of nitrogens with one attached hydrogen (secondary N) is 1. The van der Waals surface area contributed by atoms with Gasteiger partial charge >= 0.3 is 5.97 Å². The average molecular weight is 235 g/mol. The Morgan fingerprint density at radius 3 is 2.47 bits per heavy atom. The van der Waals surface area contributed by atoms with Crippen LogP contribution in [0.3, 0.4) is 0 Å². The molecule has 0 heterocycles. The topological polar surface area (TPSA) is 58.6 Å². The van der Waals surface area contributed by atoms with Crippen LogP contribution in [0.5, 0.6) is 5.75 Å². The number of rotatable bonds is 5. The molecule has 92 valence electrons. The molecule has 1 saturated carbocycles. The zero-order valence-electron chi connectivity index (χ0n) is 9.85. The molecule has 4 nitrogen and oxygen atoms in total. The second-order valence-electron chi connectivity index (χ2n) is 4.38. The van der Waals surface area contributed by atoms with Gasteiger partial charge in [0.05, 0.1) is 7.11 Å². The van der Waals surface area contributed by atoms with Crippen LogP contribution in [0.4, 0.5) is 5.69 Å². The van der Waals surface area contributed by atoms with Crippen molar-refractivity contribution in [3.05, 3.63) is 24.3 Å². The highest BCUT2D eigenvalue weighted by molar-refractivity contribution is 5.78. The van der Waals surface area contributed by atoms with Crippen LogP contribution >= 0.6 is 0 Å². The van der Waals surface area contributed by atoms with Crippen molar-refractivity contribution in [1.82, 2.24) is 0 Å². The average Bonchev–Trinajstić information content (AvgIpc) is 2.26. The summed E-state index contributed by atoms with van der Waals surface area (Å²) in [6.45, 7) is 0. The van der Waals surface area contributed by atoms with E-state index >= 15 is 0 Å². The first-order valence-corrected chi connectivity index (χ1v) is 5.84. The van der Waals surface area contributed by atoms with E-state index in [4.69, 9.17) is 4.74 Å². The van der Waals surface area contributed by atoms with Crippen LogP contribution in [0, 0.1) is 5.92 Å². The summed E-state index contributed by atoms with van der Waals surface area (Å²) < 4.78 is 5.06. The number of ether oxygens (including phenoxy) is 1. The van der Waals surface area contributed by atoms with E-state index in [0.717, 1.165) is 30.7 Å². The van der Waals surface area contributed by atoms with E-state index in [-0.39, 0.29) is 5.92 Å². The third kappa shape index (κ3) is 2.70. The van der Waals surface area contributed by atoms with Gasteiger partial charge in [0.2, 0.25) is 0 Å². The first kappa shape index (κ1) is 11.8. The van der Waals surface area contributed by atoms with Gasteiger partial charge < -0.3 is 15.2 Å². The van der Waals surface area contributed by atoms with Crippen molar-refractivity contribution in [2.24, 2.45) is 5.92 Å². The lowest BCUT2D eigenvalue weighted by Crippen LogP contribution is -2.40. The summed E-state index contributed by atoms with van der Waals surface area (Å²) in [5.41, 5.74) is 0.824. The molecule has 1 aliphatic rings. The fourth-order valence-electron chi connectivity index (χ4n) is 2.02. The highest BCUT2D eigenvalue weighted by atomic mass is 16.5. The Kier molecular flexibility index (Phi) is 3.52. The van der Waals surface area contributed by atoms with Gasteiger partial charge in [-0.25, -0.2) is 4.79 Å². The van der Waals surface area contributed by atoms with Gasteiger partial charge in [-0.3, -0.25) is 0 Å². The number of carboxylic acids is 1. The molecule has 2 N–H and O–H groups in total. The molecule has 1 aromatic rings. The van der Waals surface area contributed by atoms with Crippen molar-refractivity contribution in [3.63, 3.8) is 0 Å². The number of methoxy groups -OCH3 is 1. The molecule has 0 radical (unpaired) electrons. The molecule has 1 unspecified atom stereocenters. The number of aliphatic carboxylic acids is 1. The van der Waals surface area contributed by atoms with E-state index in [1.165, 1.54) is 0 Å². The van der Waals surface area contributed by atoms with Gasteiger partial charge in [0.1, 0.15) is 11.8 Å². The molecule has 0 bridgehead atoms. The van der Waals surface area contributed by atoms with E-state index < -0.39 is 12.0 Å². The van der Waals surface area contributed by atoms with Crippen LogP contribution in [0.25, 0.3) is 0 Å². The number of benzene rings is 1. The minimum absolute atomic E-state index is 0.259. The number of hydrogen-bond acceptors (Lipinski definition) is 3. The second-order valence-corrected chi connectivity index (χ2v) is 4.38. The summed E-state index contributed by atoms with van der Waals surface area (Å²) >= 11 is 0. The molecule has 0 saturated heterocycles. The molecule has 17 heavy (non-hydrogen) atoms. The first-order chi connectivity index (χ1) is 8.20. The van der Waals surface area contributed by atoms with Crippen molar-refractivity contribution >= 4 is 11.7 Å². The summed E-state index contributed by atoms with van der Waals surface area (Å²) in [5, 5.41) is 12.3. The summed E-state index contributed by atoms with van der Waals surface area (Å²) in [7, 11) is 1.61. The van der Waals surface area contributed by atoms with Crippen molar-refractivity contribution in [2.75, 3.05) is 12.4 Å². The van der Waals surface area contributed by atoms with Gasteiger partial charge in [-0.15, -0.1) is 0 Å². The lowest BCUT2D eigenvalue weighted by atomic mass is 9.79. The fourth-order valence-corrected chi connectivity index (χ4v) is 2.02. The van der Waals surface area contributed by atoms with Gasteiger partial charge in [0.25, 0.3) is 0 Å². The van der Waals surface area contributed by atoms with E-state index in [2.05, 4.69) is 5.32 Å². The third-order valence-electron chi connectivity index (χ3n) is 3.30. The molecule has 0 spiro atoms. The number of carboxylic acid groups (broad SMARTS) is 1. The van der Waals surface area contributed by atoms with Crippen molar-refractivity contribution in [1.29, 1.82) is 0 Å². The van der Waals surface area contributed by atoms with Gasteiger partial charge in [0, 0.05) is 5.69 Å². The molecule has 0 aliphatic heterocycles. The predicted molar refractivity (Wildman–Crippen MR) is 65.4 cm³/mol. The van der Waals surface area contributed by atoms with Crippen molar-refractivity contribution < 1.29 is 14.6 Å². The molecule has 1 fully saturated rings. The maximum atomic E-state index is 11.2. The van der Waals surface area contributed by atoms with Crippen LogP contribution in [-0.2, 0) is 4.79 Å². The highest BCUT2D eigenvalue weighted by Gasteiger charge is 2.32. The maximum absolute atomic E-state index is 11.2. The number of anilines is 1. The van der Waals surface area contributed by atoms with Crippen LogP contribution < -0.4 is 10.1 Å². The Bertz CT molecular complexity index is 384. The summed E-state index contributed by atoms with van der Waals surface area (Å²) in [6.07, 6.45) is 3.14. The molecule has 2 rings (SSSR count). The van der Waals surface area contributed by atoms with Crippen LogP contribution in [-0.4, -0.2) is 24.2 Å². The minimum atomic E-state index is -0.773. The third-order valence-corrected chi connectivity index (χ3v) is 3.30. The van der Waals surface area contributed by atoms with Crippen molar-refractivity contribution in [3.8, 4) is 5.75 Å². The molecular weight excluding hydrogens is 218 g/mol. The van der Waals surface area contributed by atoms with Crippen LogP contribution in [0.15, 0.2) is 24.3 Å². The predicted octanol–water partition coefficient (Wildman–Crippen LogP) is 2.36. The molecule has 0 aromatic heterocycles. The SMILES string of the molecule is COc1ccc(NC(C(=O)O)C2CCC2)cc1. The molecule has 0 amide bonds. The molecular formula is C13H17NO3. The van der Waals surface area contributed by atoms with E-state index in [1.54, 1.807) is 7.11 Å². The summed E-state index contributed by atoms with van der Waals surface area (Å²) in [5.74, 6) is 0.256. The van der Waals surface area contributed by atoms with Gasteiger partial charge in [-0.1, -0.05) is 6.42 Å². The second kappa shape index (κ2) is 5.08. The Morgan fingerprint density at radius 2 is 2.06 bits per heavy atom. The Hall–Kier alpha value is -1.71. The van der Waals surface area contributed by atoms with Crippen molar-refractivity contribution in [2.45, 2.75) is 25.3 Å². The van der Waals surface area contributed by atoms with E-state index in [0.29, 0.717) is 0 Å². The smallest absolute Gasteiger partial charge is 0.326 e. The zero-order valence-corrected chi connectivity index (χ0v) is 9.85. The van der Waals surface area contributed by atoms with E-state index in [1.807, 2.05) is 24.3 Å². The number of hydrogen-bond donors (Lipinski definition) is 2. The Morgan fingerprint density at radius 1 is 1.41 bits per heavy atom. The number of carbonyl (C=O) groups is 1. The quantitative estimate of drug-likeness (QED) is 0.822. The monoisotopic (exact) mass is 235 g/mol. The standard InChI is InChI=1S/C13H17NO3/c1-17-11-7-5-10(6-8-11)14-12(13(15)16)9-3-2-4-9/h5-9,12,14H,2-4H2,1H3,(H,15,16). The minimum Gasteiger partial charge on any atom is -0.497 e. The lowest BCUT2D eigenvalue weighted by molar-refractivity contribution is -0.139. The van der Waals surface area contributed by atoms with Gasteiger partial charge in [0.15, 0.2) is 0 Å². The zero-order chi connectivity index (χ0) is 12.3. The maximum Gasteiger partial charge on any atom is 0.326 e.